The topological polar surface area (TPSA) is 45.2 Å². The molecule has 0 bridgehead atoms. The van der Waals surface area contributed by atoms with E-state index < -0.39 is 0 Å². The largest absolute Gasteiger partial charge is 0.284 e. The maximum absolute atomic E-state index is 11.3. The van der Waals surface area contributed by atoms with E-state index in [1.54, 1.807) is 25.2 Å². The molecule has 0 saturated carbocycles. The molecule has 0 radical (unpaired) electrons. The molecular formula is C8H10ClN3O. The molecule has 0 atom stereocenters. The van der Waals surface area contributed by atoms with Crippen LogP contribution in [0.15, 0.2) is 18.3 Å². The Morgan fingerprint density at radius 3 is 2.85 bits per heavy atom. The van der Waals surface area contributed by atoms with Crippen molar-refractivity contribution in [1.82, 2.24) is 15.4 Å². The van der Waals surface area contributed by atoms with Gasteiger partial charge in [-0.2, -0.15) is 0 Å². The van der Waals surface area contributed by atoms with Gasteiger partial charge in [-0.05, 0) is 12.1 Å². The molecule has 1 rings (SSSR count). The third kappa shape index (κ3) is 3.01. The van der Waals surface area contributed by atoms with E-state index in [0.717, 1.165) is 0 Å². The van der Waals surface area contributed by atoms with Crippen molar-refractivity contribution in [3.05, 3.63) is 29.0 Å². The molecule has 0 aliphatic carbocycles. The van der Waals surface area contributed by atoms with Gasteiger partial charge in [0.05, 0.1) is 0 Å². The number of nitrogens with one attached hydrogen (secondary N) is 1. The molecule has 0 saturated heterocycles. The molecule has 0 fully saturated rings. The molecule has 5 heteroatoms. The Hall–Kier alpha value is -1.13. The maximum atomic E-state index is 11.3. The fourth-order valence-electron chi connectivity index (χ4n) is 0.789. The van der Waals surface area contributed by atoms with Crippen LogP contribution in [0.4, 0.5) is 0 Å². The van der Waals surface area contributed by atoms with E-state index >= 15 is 0 Å². The molecular weight excluding hydrogens is 190 g/mol. The molecule has 1 amide bonds. The van der Waals surface area contributed by atoms with Crippen LogP contribution in [0.25, 0.3) is 0 Å². The highest BCUT2D eigenvalue weighted by atomic mass is 35.5. The van der Waals surface area contributed by atoms with Gasteiger partial charge < -0.3 is 0 Å². The van der Waals surface area contributed by atoms with Crippen molar-refractivity contribution in [2.45, 2.75) is 0 Å². The standard InChI is InChI=1S/C8H10ClN3O/c1-12(2)11-8(13)7-5-6(9)3-4-10-7/h3-5H,1-2H3,(H,11,13). The fraction of sp³-hybridized carbons (Fsp3) is 0.250. The molecule has 1 heterocycles. The summed E-state index contributed by atoms with van der Waals surface area (Å²) in [6, 6.07) is 3.13. The molecule has 1 aromatic rings. The van der Waals surface area contributed by atoms with Crippen LogP contribution in [0.2, 0.25) is 5.02 Å². The second-order valence-corrected chi connectivity index (χ2v) is 3.13. The Kier molecular flexibility index (Phi) is 3.22. The lowest BCUT2D eigenvalue weighted by Crippen LogP contribution is -2.36. The molecule has 0 aliphatic heterocycles. The van der Waals surface area contributed by atoms with E-state index in [4.69, 9.17) is 11.6 Å². The first-order valence-corrected chi connectivity index (χ1v) is 4.07. The minimum atomic E-state index is -0.271. The number of hydrazine groups is 1. The average molecular weight is 200 g/mol. The van der Waals surface area contributed by atoms with Crippen LogP contribution in [-0.4, -0.2) is 30.0 Å². The Labute approximate surface area is 81.5 Å². The SMILES string of the molecule is CN(C)NC(=O)c1cc(Cl)ccn1. The molecule has 70 valence electrons. The van der Waals surface area contributed by atoms with Crippen molar-refractivity contribution in [2.24, 2.45) is 0 Å². The Morgan fingerprint density at radius 2 is 2.31 bits per heavy atom. The van der Waals surface area contributed by atoms with Crippen LogP contribution in [0.5, 0.6) is 0 Å². The fourth-order valence-corrected chi connectivity index (χ4v) is 0.949. The van der Waals surface area contributed by atoms with Crippen LogP contribution in [0.1, 0.15) is 10.5 Å². The molecule has 4 nitrogen and oxygen atoms in total. The first kappa shape index (κ1) is 9.95. The molecule has 0 aliphatic rings. The van der Waals surface area contributed by atoms with Gasteiger partial charge in [0.1, 0.15) is 5.69 Å². The summed E-state index contributed by atoms with van der Waals surface area (Å²) in [5.41, 5.74) is 2.87. The predicted octanol–water partition coefficient (Wildman–Crippen LogP) is 0.941. The van der Waals surface area contributed by atoms with Gasteiger partial charge in [0.2, 0.25) is 0 Å². The lowest BCUT2D eigenvalue weighted by atomic mass is 10.3. The number of pyridine rings is 1. The van der Waals surface area contributed by atoms with Crippen LogP contribution in [0.3, 0.4) is 0 Å². The van der Waals surface area contributed by atoms with Crippen molar-refractivity contribution in [3.63, 3.8) is 0 Å². The van der Waals surface area contributed by atoms with Crippen molar-refractivity contribution in [3.8, 4) is 0 Å². The smallest absolute Gasteiger partial charge is 0.284 e. The first-order chi connectivity index (χ1) is 6.09. The quantitative estimate of drug-likeness (QED) is 0.722. The van der Waals surface area contributed by atoms with Crippen LogP contribution in [0, 0.1) is 0 Å². The Balaban J connectivity index is 2.77. The lowest BCUT2D eigenvalue weighted by molar-refractivity contribution is 0.0851. The van der Waals surface area contributed by atoms with Gasteiger partial charge >= 0.3 is 0 Å². The average Bonchev–Trinajstić information content (AvgIpc) is 2.03. The van der Waals surface area contributed by atoms with Gasteiger partial charge in [-0.1, -0.05) is 11.6 Å². The minimum Gasteiger partial charge on any atom is -0.284 e. The van der Waals surface area contributed by atoms with Crippen LogP contribution < -0.4 is 5.43 Å². The Morgan fingerprint density at radius 1 is 1.62 bits per heavy atom. The Bertz CT molecular complexity index is 314. The molecule has 0 spiro atoms. The number of carbonyl (C=O) groups is 1. The number of nitrogens with zero attached hydrogens (tertiary/aromatic N) is 2. The summed E-state index contributed by atoms with van der Waals surface area (Å²) >= 11 is 5.69. The highest BCUT2D eigenvalue weighted by Crippen LogP contribution is 2.07. The van der Waals surface area contributed by atoms with Gasteiger partial charge in [0.15, 0.2) is 0 Å². The number of hydrogen-bond donors (Lipinski definition) is 1. The maximum Gasteiger partial charge on any atom is 0.284 e. The van der Waals surface area contributed by atoms with E-state index in [-0.39, 0.29) is 5.91 Å². The van der Waals surface area contributed by atoms with E-state index in [1.807, 2.05) is 0 Å². The summed E-state index contributed by atoms with van der Waals surface area (Å²) < 4.78 is 0. The normalized spacial score (nSPS) is 10.2. The third-order valence-electron chi connectivity index (χ3n) is 1.28. The molecule has 13 heavy (non-hydrogen) atoms. The van der Waals surface area contributed by atoms with Gasteiger partial charge in [-0.15, -0.1) is 0 Å². The summed E-state index contributed by atoms with van der Waals surface area (Å²) in [7, 11) is 3.45. The zero-order valence-electron chi connectivity index (χ0n) is 7.41. The number of hydrogen-bond acceptors (Lipinski definition) is 3. The summed E-state index contributed by atoms with van der Waals surface area (Å²) in [5, 5.41) is 2.05. The summed E-state index contributed by atoms with van der Waals surface area (Å²) in [5.74, 6) is -0.271. The minimum absolute atomic E-state index is 0.271. The van der Waals surface area contributed by atoms with Crippen molar-refractivity contribution in [2.75, 3.05) is 14.1 Å². The van der Waals surface area contributed by atoms with Gasteiger partial charge in [0.25, 0.3) is 5.91 Å². The highest BCUT2D eigenvalue weighted by molar-refractivity contribution is 6.30. The molecule has 0 aromatic carbocycles. The van der Waals surface area contributed by atoms with Crippen molar-refractivity contribution in [1.29, 1.82) is 0 Å². The molecule has 1 aromatic heterocycles. The van der Waals surface area contributed by atoms with Gasteiger partial charge in [-0.3, -0.25) is 15.2 Å². The van der Waals surface area contributed by atoms with E-state index in [9.17, 15) is 4.79 Å². The summed E-state index contributed by atoms with van der Waals surface area (Å²) in [6.45, 7) is 0. The van der Waals surface area contributed by atoms with Crippen molar-refractivity contribution >= 4 is 17.5 Å². The lowest BCUT2D eigenvalue weighted by Gasteiger charge is -2.10. The summed E-state index contributed by atoms with van der Waals surface area (Å²) in [6.07, 6.45) is 1.49. The summed E-state index contributed by atoms with van der Waals surface area (Å²) in [4.78, 5) is 15.2. The number of amides is 1. The van der Waals surface area contributed by atoms with Crippen molar-refractivity contribution < 1.29 is 4.79 Å². The number of carbonyl (C=O) groups excluding carboxylic acids is 1. The first-order valence-electron chi connectivity index (χ1n) is 3.69. The highest BCUT2D eigenvalue weighted by Gasteiger charge is 2.07. The monoisotopic (exact) mass is 199 g/mol. The number of aromatic nitrogens is 1. The third-order valence-corrected chi connectivity index (χ3v) is 1.51. The number of rotatable bonds is 2. The van der Waals surface area contributed by atoms with Crippen LogP contribution >= 0.6 is 11.6 Å². The van der Waals surface area contributed by atoms with Crippen LogP contribution in [-0.2, 0) is 0 Å². The zero-order chi connectivity index (χ0) is 9.84. The predicted molar refractivity (Wildman–Crippen MR) is 50.4 cm³/mol. The van der Waals surface area contributed by atoms with Gasteiger partial charge in [-0.25, -0.2) is 5.01 Å². The second kappa shape index (κ2) is 4.20. The van der Waals surface area contributed by atoms with E-state index in [1.165, 1.54) is 12.3 Å². The number of halogens is 1. The van der Waals surface area contributed by atoms with E-state index in [2.05, 4.69) is 10.4 Å². The van der Waals surface area contributed by atoms with Gasteiger partial charge in [0, 0.05) is 25.3 Å². The van der Waals surface area contributed by atoms with E-state index in [0.29, 0.717) is 10.7 Å². The molecule has 0 unspecified atom stereocenters. The molecule has 1 N–H and O–H groups in total. The second-order valence-electron chi connectivity index (χ2n) is 2.69. The zero-order valence-corrected chi connectivity index (χ0v) is 8.17.